The van der Waals surface area contributed by atoms with Crippen LogP contribution >= 0.6 is 11.6 Å². The number of carbonyl (C=O) groups is 6. The molecule has 0 aromatic carbocycles. The molecule has 34 heavy (non-hydrogen) atoms. The van der Waals surface area contributed by atoms with E-state index in [1.54, 1.807) is 0 Å². The molecule has 0 aliphatic carbocycles. The number of Topliss-reactive ketones (excluding diaryl/α,β-unsaturated/α-hetero) is 1. The summed E-state index contributed by atoms with van der Waals surface area (Å²) in [5.74, 6) is -3.74. The number of nitrogens with zero attached hydrogens (tertiary/aromatic N) is 1. The molecule has 0 aromatic heterocycles. The molecule has 0 aromatic rings. The summed E-state index contributed by atoms with van der Waals surface area (Å²) in [5, 5.41) is 17.2. The van der Waals surface area contributed by atoms with E-state index in [1.807, 2.05) is 0 Å². The van der Waals surface area contributed by atoms with Crippen LogP contribution in [0.1, 0.15) is 46.5 Å². The lowest BCUT2D eigenvalue weighted by atomic mass is 10.1. The van der Waals surface area contributed by atoms with Crippen molar-refractivity contribution in [3.8, 4) is 0 Å². The third-order valence-corrected chi connectivity index (χ3v) is 5.64. The number of methoxy groups -OCH3 is 1. The van der Waals surface area contributed by atoms with E-state index in [9.17, 15) is 33.9 Å². The van der Waals surface area contributed by atoms with Gasteiger partial charge in [0.25, 0.3) is 0 Å². The number of ketones is 1. The van der Waals surface area contributed by atoms with Gasteiger partial charge in [-0.05, 0) is 33.6 Å². The van der Waals surface area contributed by atoms with Gasteiger partial charge in [0.2, 0.25) is 23.6 Å². The predicted molar refractivity (Wildman–Crippen MR) is 121 cm³/mol. The average Bonchev–Trinajstić information content (AvgIpc) is 3.29. The predicted octanol–water partition coefficient (Wildman–Crippen LogP) is -1.39. The SMILES string of the molecule is COC(=O)CCC(=O)N[C@@H](C)C(=O)N[C@@H](C)C(=O)N1CCC[C@H]1C(=O)N[C@H](C(=O)CCl)[C@@H](C)O. The van der Waals surface area contributed by atoms with Crippen LogP contribution in [-0.4, -0.2) is 95.2 Å². The number of aliphatic hydroxyl groups is 1. The van der Waals surface area contributed by atoms with Gasteiger partial charge in [-0.2, -0.15) is 0 Å². The van der Waals surface area contributed by atoms with Crippen LogP contribution in [0.5, 0.6) is 0 Å². The van der Waals surface area contributed by atoms with Gasteiger partial charge >= 0.3 is 5.97 Å². The van der Waals surface area contributed by atoms with Crippen molar-refractivity contribution in [3.05, 3.63) is 0 Å². The first-order chi connectivity index (χ1) is 15.9. The zero-order valence-corrected chi connectivity index (χ0v) is 20.5. The highest BCUT2D eigenvalue weighted by Gasteiger charge is 2.38. The summed E-state index contributed by atoms with van der Waals surface area (Å²) < 4.78 is 4.45. The number of amides is 4. The lowest BCUT2D eigenvalue weighted by Crippen LogP contribution is -2.57. The summed E-state index contributed by atoms with van der Waals surface area (Å²) in [7, 11) is 1.20. The quantitative estimate of drug-likeness (QED) is 0.186. The summed E-state index contributed by atoms with van der Waals surface area (Å²) >= 11 is 5.53. The molecule has 12 nitrogen and oxygen atoms in total. The normalized spacial score (nSPS) is 18.8. The first-order valence-electron chi connectivity index (χ1n) is 11.0. The number of halogens is 1. The van der Waals surface area contributed by atoms with Crippen LogP contribution in [-0.2, 0) is 33.5 Å². The summed E-state index contributed by atoms with van der Waals surface area (Å²) in [6.07, 6.45) is -0.547. The maximum absolute atomic E-state index is 12.9. The summed E-state index contributed by atoms with van der Waals surface area (Å²) in [6.45, 7) is 4.51. The Hall–Kier alpha value is -2.73. The minimum atomic E-state index is -1.19. The highest BCUT2D eigenvalue weighted by Crippen LogP contribution is 2.19. The average molecular weight is 505 g/mol. The van der Waals surface area contributed by atoms with Crippen molar-refractivity contribution < 1.29 is 38.6 Å². The third kappa shape index (κ3) is 8.56. The number of hydrogen-bond acceptors (Lipinski definition) is 8. The van der Waals surface area contributed by atoms with Crippen LogP contribution in [0.2, 0.25) is 0 Å². The number of hydrogen-bond donors (Lipinski definition) is 4. The molecule has 1 fully saturated rings. The third-order valence-electron chi connectivity index (χ3n) is 5.38. The Bertz CT molecular complexity index is 791. The van der Waals surface area contributed by atoms with Gasteiger partial charge in [0.15, 0.2) is 5.78 Å². The molecular formula is C21H33ClN4O8. The van der Waals surface area contributed by atoms with Crippen molar-refractivity contribution in [1.29, 1.82) is 0 Å². The van der Waals surface area contributed by atoms with E-state index in [4.69, 9.17) is 11.6 Å². The number of alkyl halides is 1. The molecule has 4 N–H and O–H groups in total. The fourth-order valence-electron chi connectivity index (χ4n) is 3.45. The molecule has 1 aliphatic rings. The van der Waals surface area contributed by atoms with Gasteiger partial charge < -0.3 is 30.7 Å². The fourth-order valence-corrected chi connectivity index (χ4v) is 3.62. The molecule has 1 saturated heterocycles. The van der Waals surface area contributed by atoms with E-state index in [0.717, 1.165) is 0 Å². The Morgan fingerprint density at radius 3 is 2.24 bits per heavy atom. The summed E-state index contributed by atoms with van der Waals surface area (Å²) in [6, 6.07) is -4.02. The van der Waals surface area contributed by atoms with E-state index in [2.05, 4.69) is 20.7 Å². The topological polar surface area (TPSA) is 171 Å². The fraction of sp³-hybridized carbons (Fsp3) is 0.714. The maximum Gasteiger partial charge on any atom is 0.306 e. The van der Waals surface area contributed by atoms with Crippen molar-refractivity contribution in [2.75, 3.05) is 19.5 Å². The minimum absolute atomic E-state index is 0.129. The molecule has 1 heterocycles. The van der Waals surface area contributed by atoms with Crippen molar-refractivity contribution in [3.63, 3.8) is 0 Å². The largest absolute Gasteiger partial charge is 0.469 e. The molecular weight excluding hydrogens is 472 g/mol. The summed E-state index contributed by atoms with van der Waals surface area (Å²) in [4.78, 5) is 74.2. The molecule has 0 bridgehead atoms. The Kier molecular flexibility index (Phi) is 11.9. The molecule has 192 valence electrons. The lowest BCUT2D eigenvalue weighted by Gasteiger charge is -2.29. The van der Waals surface area contributed by atoms with E-state index >= 15 is 0 Å². The Morgan fingerprint density at radius 1 is 1.03 bits per heavy atom. The Morgan fingerprint density at radius 2 is 1.68 bits per heavy atom. The molecule has 1 aliphatic heterocycles. The van der Waals surface area contributed by atoms with Crippen molar-refractivity contribution in [1.82, 2.24) is 20.9 Å². The molecule has 0 unspecified atom stereocenters. The highest BCUT2D eigenvalue weighted by atomic mass is 35.5. The number of likely N-dealkylation sites (tertiary alicyclic amines) is 1. The van der Waals surface area contributed by atoms with Crippen LogP contribution in [0.15, 0.2) is 0 Å². The van der Waals surface area contributed by atoms with Crippen molar-refractivity contribution in [2.24, 2.45) is 0 Å². The second-order valence-electron chi connectivity index (χ2n) is 8.11. The van der Waals surface area contributed by atoms with Crippen LogP contribution in [0.25, 0.3) is 0 Å². The van der Waals surface area contributed by atoms with Crippen molar-refractivity contribution in [2.45, 2.75) is 76.7 Å². The molecule has 5 atom stereocenters. The van der Waals surface area contributed by atoms with Crippen LogP contribution in [0.4, 0.5) is 0 Å². The lowest BCUT2D eigenvalue weighted by molar-refractivity contribution is -0.142. The zero-order chi connectivity index (χ0) is 26.0. The first-order valence-corrected chi connectivity index (χ1v) is 11.5. The number of rotatable bonds is 12. The highest BCUT2D eigenvalue weighted by molar-refractivity contribution is 6.28. The molecule has 13 heteroatoms. The Balaban J connectivity index is 2.68. The smallest absolute Gasteiger partial charge is 0.306 e. The molecule has 0 saturated carbocycles. The van der Waals surface area contributed by atoms with Gasteiger partial charge in [-0.15, -0.1) is 11.6 Å². The van der Waals surface area contributed by atoms with Gasteiger partial charge in [-0.3, -0.25) is 28.8 Å². The van der Waals surface area contributed by atoms with E-state index in [0.29, 0.717) is 12.8 Å². The van der Waals surface area contributed by atoms with E-state index in [-0.39, 0.29) is 25.3 Å². The van der Waals surface area contributed by atoms with Crippen LogP contribution in [0.3, 0.4) is 0 Å². The monoisotopic (exact) mass is 504 g/mol. The van der Waals surface area contributed by atoms with E-state index < -0.39 is 65.7 Å². The number of esters is 1. The van der Waals surface area contributed by atoms with Gasteiger partial charge in [-0.1, -0.05) is 0 Å². The maximum atomic E-state index is 12.9. The number of ether oxygens (including phenoxy) is 1. The number of nitrogens with one attached hydrogen (secondary N) is 3. The first kappa shape index (κ1) is 29.3. The molecule has 1 rings (SSSR count). The van der Waals surface area contributed by atoms with Gasteiger partial charge in [-0.25, -0.2) is 0 Å². The van der Waals surface area contributed by atoms with Gasteiger partial charge in [0.1, 0.15) is 24.2 Å². The van der Waals surface area contributed by atoms with Gasteiger partial charge in [0, 0.05) is 13.0 Å². The number of aliphatic hydroxyl groups excluding tert-OH is 1. The number of carbonyl (C=O) groups excluding carboxylic acids is 6. The molecule has 0 radical (unpaired) electrons. The molecule has 4 amide bonds. The second-order valence-corrected chi connectivity index (χ2v) is 8.38. The van der Waals surface area contributed by atoms with Crippen molar-refractivity contribution >= 4 is 47.0 Å². The van der Waals surface area contributed by atoms with Gasteiger partial charge in [0.05, 0.1) is 25.5 Å². The van der Waals surface area contributed by atoms with Crippen LogP contribution < -0.4 is 16.0 Å². The standard InChI is InChI=1S/C21H33ClN4O8/c1-11(23-16(29)7-8-17(30)34-4)19(31)24-12(2)21(33)26-9-5-6-14(26)20(32)25-18(13(3)27)15(28)10-22/h11-14,18,27H,5-10H2,1-4H3,(H,23,29)(H,24,31)(H,25,32)/t11-,12-,13+,14-,18-/m0/s1. The molecule has 0 spiro atoms. The zero-order valence-electron chi connectivity index (χ0n) is 19.8. The van der Waals surface area contributed by atoms with E-state index in [1.165, 1.54) is 32.8 Å². The van der Waals surface area contributed by atoms with Crippen LogP contribution in [0, 0.1) is 0 Å². The Labute approximate surface area is 203 Å². The minimum Gasteiger partial charge on any atom is -0.469 e. The summed E-state index contributed by atoms with van der Waals surface area (Å²) in [5.41, 5.74) is 0. The second kappa shape index (κ2) is 13.9.